The Labute approximate surface area is 164 Å². The van der Waals surface area contributed by atoms with Gasteiger partial charge in [-0.1, -0.05) is 42.5 Å². The Balaban J connectivity index is 1.68. The van der Waals surface area contributed by atoms with Crippen molar-refractivity contribution in [3.05, 3.63) is 48.0 Å². The minimum absolute atomic E-state index is 0.0458. The standard InChI is InChI=1S/C21H25N3O4/c1-14(16-9-5-7-15-6-3-4-8-17(15)16)23-19(25)13-24-11-10-22-21(27)18(24)12-20(26)28-2/h3-9,14,18H,10-13H2,1-2H3,(H,22,27)(H,23,25)/t14-,18-/m1/s1. The highest BCUT2D eigenvalue weighted by Gasteiger charge is 2.33. The molecule has 3 rings (SSSR count). The molecule has 148 valence electrons. The Morgan fingerprint density at radius 1 is 1.25 bits per heavy atom. The lowest BCUT2D eigenvalue weighted by Gasteiger charge is -2.34. The number of nitrogens with one attached hydrogen (secondary N) is 2. The van der Waals surface area contributed by atoms with E-state index in [1.54, 1.807) is 4.90 Å². The number of benzene rings is 2. The summed E-state index contributed by atoms with van der Waals surface area (Å²) in [7, 11) is 1.28. The number of amides is 2. The van der Waals surface area contributed by atoms with E-state index < -0.39 is 12.0 Å². The predicted octanol–water partition coefficient (Wildman–Crippen LogP) is 1.38. The van der Waals surface area contributed by atoms with Gasteiger partial charge < -0.3 is 15.4 Å². The lowest BCUT2D eigenvalue weighted by Crippen LogP contribution is -2.58. The van der Waals surface area contributed by atoms with Crippen molar-refractivity contribution in [3.63, 3.8) is 0 Å². The Morgan fingerprint density at radius 3 is 2.79 bits per heavy atom. The zero-order valence-electron chi connectivity index (χ0n) is 16.1. The Kier molecular flexibility index (Phi) is 6.26. The number of nitrogens with zero attached hydrogens (tertiary/aromatic N) is 1. The lowest BCUT2D eigenvalue weighted by atomic mass is 9.99. The van der Waals surface area contributed by atoms with Crippen molar-refractivity contribution in [2.75, 3.05) is 26.7 Å². The minimum Gasteiger partial charge on any atom is -0.469 e. The van der Waals surface area contributed by atoms with E-state index in [1.807, 2.05) is 49.4 Å². The number of carbonyl (C=O) groups is 3. The zero-order valence-corrected chi connectivity index (χ0v) is 16.1. The molecule has 0 spiro atoms. The third-order valence-corrected chi connectivity index (χ3v) is 5.04. The number of rotatable bonds is 6. The van der Waals surface area contributed by atoms with Gasteiger partial charge in [0.25, 0.3) is 0 Å². The van der Waals surface area contributed by atoms with Gasteiger partial charge in [-0.15, -0.1) is 0 Å². The molecule has 0 saturated carbocycles. The number of ether oxygens (including phenoxy) is 1. The van der Waals surface area contributed by atoms with Crippen LogP contribution in [0.2, 0.25) is 0 Å². The van der Waals surface area contributed by atoms with E-state index in [1.165, 1.54) is 7.11 Å². The SMILES string of the molecule is COC(=O)C[C@@H]1C(=O)NCCN1CC(=O)N[C@H](C)c1cccc2ccccc12. The molecular weight excluding hydrogens is 358 g/mol. The molecular formula is C21H25N3O4. The molecule has 7 nitrogen and oxygen atoms in total. The van der Waals surface area contributed by atoms with Crippen LogP contribution in [0.1, 0.15) is 24.9 Å². The summed E-state index contributed by atoms with van der Waals surface area (Å²) >= 11 is 0. The summed E-state index contributed by atoms with van der Waals surface area (Å²) in [6.07, 6.45) is -0.0749. The van der Waals surface area contributed by atoms with Crippen LogP contribution in [0.4, 0.5) is 0 Å². The molecule has 1 aliphatic rings. The zero-order chi connectivity index (χ0) is 20.1. The number of carbonyl (C=O) groups excluding carboxylic acids is 3. The molecule has 2 N–H and O–H groups in total. The molecule has 0 bridgehead atoms. The quantitative estimate of drug-likeness (QED) is 0.736. The maximum Gasteiger partial charge on any atom is 0.307 e. The van der Waals surface area contributed by atoms with Crippen LogP contribution >= 0.6 is 0 Å². The van der Waals surface area contributed by atoms with Gasteiger partial charge in [-0.2, -0.15) is 0 Å². The number of hydrogen-bond donors (Lipinski definition) is 2. The molecule has 0 radical (unpaired) electrons. The van der Waals surface area contributed by atoms with Crippen LogP contribution in [0.5, 0.6) is 0 Å². The molecule has 0 aromatic heterocycles. The first-order chi connectivity index (χ1) is 13.5. The van der Waals surface area contributed by atoms with Crippen molar-refractivity contribution in [2.24, 2.45) is 0 Å². The van der Waals surface area contributed by atoms with Gasteiger partial charge in [0.2, 0.25) is 11.8 Å². The van der Waals surface area contributed by atoms with Gasteiger partial charge in [0, 0.05) is 13.1 Å². The van der Waals surface area contributed by atoms with E-state index >= 15 is 0 Å². The third-order valence-electron chi connectivity index (χ3n) is 5.04. The van der Waals surface area contributed by atoms with Crippen LogP contribution in [0, 0.1) is 0 Å². The third kappa shape index (κ3) is 4.48. The van der Waals surface area contributed by atoms with Crippen molar-refractivity contribution in [1.29, 1.82) is 0 Å². The van der Waals surface area contributed by atoms with Crippen molar-refractivity contribution in [3.8, 4) is 0 Å². The minimum atomic E-state index is -0.695. The molecule has 0 unspecified atom stereocenters. The molecule has 1 saturated heterocycles. The first-order valence-electron chi connectivity index (χ1n) is 9.35. The van der Waals surface area contributed by atoms with Gasteiger partial charge in [0.05, 0.1) is 26.1 Å². The summed E-state index contributed by atoms with van der Waals surface area (Å²) in [4.78, 5) is 38.1. The highest BCUT2D eigenvalue weighted by Crippen LogP contribution is 2.24. The molecule has 1 fully saturated rings. The lowest BCUT2D eigenvalue weighted by molar-refractivity contribution is -0.146. The highest BCUT2D eigenvalue weighted by atomic mass is 16.5. The summed E-state index contributed by atoms with van der Waals surface area (Å²) in [5, 5.41) is 7.95. The molecule has 1 heterocycles. The van der Waals surface area contributed by atoms with E-state index in [9.17, 15) is 14.4 Å². The molecule has 2 aromatic rings. The van der Waals surface area contributed by atoms with Gasteiger partial charge in [0.15, 0.2) is 0 Å². The van der Waals surface area contributed by atoms with Crippen molar-refractivity contribution in [1.82, 2.24) is 15.5 Å². The highest BCUT2D eigenvalue weighted by molar-refractivity contribution is 5.89. The molecule has 28 heavy (non-hydrogen) atoms. The fourth-order valence-corrected chi connectivity index (χ4v) is 3.59. The average Bonchev–Trinajstić information content (AvgIpc) is 2.69. The summed E-state index contributed by atoms with van der Waals surface area (Å²) in [5.74, 6) is -0.923. The molecule has 2 atom stereocenters. The maximum atomic E-state index is 12.6. The second-order valence-corrected chi connectivity index (χ2v) is 6.92. The normalized spacial score (nSPS) is 18.4. The number of piperazine rings is 1. The molecule has 2 aromatic carbocycles. The average molecular weight is 383 g/mol. The van der Waals surface area contributed by atoms with E-state index in [4.69, 9.17) is 0 Å². The van der Waals surface area contributed by atoms with Crippen molar-refractivity contribution >= 4 is 28.6 Å². The van der Waals surface area contributed by atoms with Gasteiger partial charge in [-0.25, -0.2) is 0 Å². The van der Waals surface area contributed by atoms with E-state index in [-0.39, 0.29) is 30.8 Å². The first-order valence-corrected chi connectivity index (χ1v) is 9.35. The maximum absolute atomic E-state index is 12.6. The summed E-state index contributed by atoms with van der Waals surface area (Å²) < 4.78 is 4.67. The summed E-state index contributed by atoms with van der Waals surface area (Å²) in [6.45, 7) is 2.94. The summed E-state index contributed by atoms with van der Waals surface area (Å²) in [6, 6.07) is 13.2. The molecule has 7 heteroatoms. The van der Waals surface area contributed by atoms with Crippen molar-refractivity contribution < 1.29 is 19.1 Å². The van der Waals surface area contributed by atoms with E-state index in [2.05, 4.69) is 15.4 Å². The Morgan fingerprint density at radius 2 is 2.00 bits per heavy atom. The van der Waals surface area contributed by atoms with Crippen LogP contribution in [-0.4, -0.2) is 55.5 Å². The molecule has 1 aliphatic heterocycles. The van der Waals surface area contributed by atoms with E-state index in [0.29, 0.717) is 13.1 Å². The number of methoxy groups -OCH3 is 1. The van der Waals surface area contributed by atoms with Crippen LogP contribution in [0.3, 0.4) is 0 Å². The van der Waals surface area contributed by atoms with E-state index in [0.717, 1.165) is 16.3 Å². The second-order valence-electron chi connectivity index (χ2n) is 6.92. The Bertz CT molecular complexity index is 878. The van der Waals surface area contributed by atoms with Gasteiger partial charge >= 0.3 is 5.97 Å². The van der Waals surface area contributed by atoms with Gasteiger partial charge in [-0.05, 0) is 23.3 Å². The van der Waals surface area contributed by atoms with Crippen LogP contribution in [0.15, 0.2) is 42.5 Å². The second kappa shape index (κ2) is 8.84. The monoisotopic (exact) mass is 383 g/mol. The number of hydrogen-bond acceptors (Lipinski definition) is 5. The fourth-order valence-electron chi connectivity index (χ4n) is 3.59. The Hall–Kier alpha value is -2.93. The fraction of sp³-hybridized carbons (Fsp3) is 0.381. The molecule has 0 aliphatic carbocycles. The predicted molar refractivity (Wildman–Crippen MR) is 106 cm³/mol. The first kappa shape index (κ1) is 19.8. The topological polar surface area (TPSA) is 87.7 Å². The van der Waals surface area contributed by atoms with Crippen LogP contribution < -0.4 is 10.6 Å². The van der Waals surface area contributed by atoms with Gasteiger partial charge in [-0.3, -0.25) is 19.3 Å². The van der Waals surface area contributed by atoms with Crippen LogP contribution in [0.25, 0.3) is 10.8 Å². The van der Waals surface area contributed by atoms with Crippen molar-refractivity contribution in [2.45, 2.75) is 25.4 Å². The smallest absolute Gasteiger partial charge is 0.307 e. The number of fused-ring (bicyclic) bond motifs is 1. The van der Waals surface area contributed by atoms with Crippen LogP contribution in [-0.2, 0) is 19.1 Å². The van der Waals surface area contributed by atoms with Gasteiger partial charge in [0.1, 0.15) is 6.04 Å². The summed E-state index contributed by atoms with van der Waals surface area (Å²) in [5.41, 5.74) is 1.04. The molecule has 2 amide bonds. The number of esters is 1. The largest absolute Gasteiger partial charge is 0.469 e.